The molecule has 1 atom stereocenters. The molecule has 33 heavy (non-hydrogen) atoms. The zero-order valence-electron chi connectivity index (χ0n) is 18.9. The van der Waals surface area contributed by atoms with Crippen LogP contribution in [0.15, 0.2) is 47.5 Å². The van der Waals surface area contributed by atoms with Crippen molar-refractivity contribution in [3.63, 3.8) is 0 Å². The number of hydrogen-bond acceptors (Lipinski definition) is 7. The summed E-state index contributed by atoms with van der Waals surface area (Å²) < 4.78 is 2.93. The normalized spacial score (nSPS) is 23.3. The van der Waals surface area contributed by atoms with Crippen molar-refractivity contribution >= 4 is 41.2 Å². The minimum Gasteiger partial charge on any atom is -0.367 e. The third kappa shape index (κ3) is 4.42. The molecule has 2 fully saturated rings. The summed E-state index contributed by atoms with van der Waals surface area (Å²) in [5, 5.41) is 4.01. The Hall–Kier alpha value is -3.07. The summed E-state index contributed by atoms with van der Waals surface area (Å²) in [5.41, 5.74) is 0.313. The molecule has 2 amide bonds. The van der Waals surface area contributed by atoms with Crippen LogP contribution in [0.3, 0.4) is 0 Å². The lowest BCUT2D eigenvalue weighted by atomic mass is 9.96. The molecule has 5 rings (SSSR count). The van der Waals surface area contributed by atoms with Gasteiger partial charge in [0.2, 0.25) is 5.91 Å². The Morgan fingerprint density at radius 1 is 1.15 bits per heavy atom. The van der Waals surface area contributed by atoms with Crippen molar-refractivity contribution in [3.8, 4) is 0 Å². The Kier molecular flexibility index (Phi) is 5.74. The molecule has 2 saturated heterocycles. The van der Waals surface area contributed by atoms with E-state index in [1.165, 1.54) is 11.9 Å². The predicted octanol–water partition coefficient (Wildman–Crippen LogP) is 3.63. The molecule has 0 radical (unpaired) electrons. The molecule has 0 spiro atoms. The zero-order valence-corrected chi connectivity index (χ0v) is 19.7. The molecular formula is C24H28N6O2S. The number of anilines is 3. The number of carbonyl (C=O) groups is 2. The largest absolute Gasteiger partial charge is 0.367 e. The van der Waals surface area contributed by atoms with E-state index in [1.807, 2.05) is 18.2 Å². The maximum absolute atomic E-state index is 13.3. The van der Waals surface area contributed by atoms with Crippen molar-refractivity contribution in [2.24, 2.45) is 5.92 Å². The molecule has 0 unspecified atom stereocenters. The lowest BCUT2D eigenvalue weighted by molar-refractivity contribution is -0.117. The summed E-state index contributed by atoms with van der Waals surface area (Å²) >= 11 is 1.18. The Balaban J connectivity index is 1.56. The second-order valence-corrected chi connectivity index (χ2v) is 10.1. The van der Waals surface area contributed by atoms with E-state index in [-0.39, 0.29) is 17.4 Å². The van der Waals surface area contributed by atoms with Gasteiger partial charge in [-0.05, 0) is 56.9 Å². The van der Waals surface area contributed by atoms with Crippen LogP contribution in [0.2, 0.25) is 0 Å². The quantitative estimate of drug-likeness (QED) is 0.492. The van der Waals surface area contributed by atoms with E-state index in [4.69, 9.17) is 4.98 Å². The third-order valence-corrected chi connectivity index (χ3v) is 7.13. The van der Waals surface area contributed by atoms with Crippen molar-refractivity contribution in [1.82, 2.24) is 14.7 Å². The molecule has 0 aliphatic carbocycles. The summed E-state index contributed by atoms with van der Waals surface area (Å²) in [6.07, 6.45) is 6.69. The molecule has 4 bridgehead atoms. The van der Waals surface area contributed by atoms with Crippen molar-refractivity contribution < 1.29 is 9.59 Å². The molecule has 9 heteroatoms. The van der Waals surface area contributed by atoms with Crippen molar-refractivity contribution in [2.75, 3.05) is 34.8 Å². The highest BCUT2D eigenvalue weighted by molar-refractivity contribution is 7.97. The van der Waals surface area contributed by atoms with Gasteiger partial charge in [0.1, 0.15) is 22.5 Å². The standard InChI is InChI=1S/C24H28N6O2S/c1-24(2)14-16-6-4-12-25-18-7-3-8-20(26-18)33-28-23(32)17-10-11-19(27-22(17)30(24)15-16)29-13-5-9-21(29)31/h3-4,6-8,10-11,16H,5,9,12-15H2,1-2H3,(H,25,26)(H,28,32)/b6-4+/t16-/m0/s1. The van der Waals surface area contributed by atoms with Gasteiger partial charge in [0.05, 0.1) is 5.56 Å². The number of carbonyl (C=O) groups excluding carboxylic acids is 2. The van der Waals surface area contributed by atoms with Gasteiger partial charge in [0.25, 0.3) is 5.91 Å². The molecule has 5 heterocycles. The maximum atomic E-state index is 13.3. The summed E-state index contributed by atoms with van der Waals surface area (Å²) in [5.74, 6) is 2.19. The van der Waals surface area contributed by atoms with Crippen LogP contribution in [0, 0.1) is 5.92 Å². The molecule has 2 aromatic heterocycles. The molecule has 3 aliphatic rings. The molecule has 0 aromatic carbocycles. The van der Waals surface area contributed by atoms with E-state index in [2.05, 4.69) is 45.9 Å². The van der Waals surface area contributed by atoms with Crippen LogP contribution in [0.25, 0.3) is 0 Å². The minimum absolute atomic E-state index is 0.0829. The number of rotatable bonds is 1. The SMILES string of the molecule is CC1(C)C[C@@H]2/C=C/CNc3cccc(n3)SNC(=O)c3ccc(N4CCCC4=O)nc3N1C2. The van der Waals surface area contributed by atoms with Gasteiger partial charge in [-0.1, -0.05) is 18.2 Å². The van der Waals surface area contributed by atoms with Gasteiger partial charge in [-0.3, -0.25) is 19.2 Å². The Morgan fingerprint density at radius 3 is 2.85 bits per heavy atom. The number of pyridine rings is 2. The number of nitrogens with one attached hydrogen (secondary N) is 2. The van der Waals surface area contributed by atoms with E-state index in [0.717, 1.165) is 25.2 Å². The topological polar surface area (TPSA) is 90.5 Å². The number of fused-ring (bicyclic) bond motifs is 6. The summed E-state index contributed by atoms with van der Waals surface area (Å²) in [6.45, 7) is 6.47. The van der Waals surface area contributed by atoms with E-state index in [0.29, 0.717) is 47.7 Å². The van der Waals surface area contributed by atoms with E-state index in [9.17, 15) is 9.59 Å². The van der Waals surface area contributed by atoms with Gasteiger partial charge >= 0.3 is 0 Å². The fourth-order valence-corrected chi connectivity index (χ4v) is 5.41. The van der Waals surface area contributed by atoms with Gasteiger partial charge < -0.3 is 10.2 Å². The van der Waals surface area contributed by atoms with Crippen molar-refractivity contribution in [3.05, 3.63) is 48.0 Å². The second kappa shape index (κ2) is 8.70. The summed E-state index contributed by atoms with van der Waals surface area (Å²) in [6, 6.07) is 9.26. The number of aromatic nitrogens is 2. The third-order valence-electron chi connectivity index (χ3n) is 6.40. The number of amides is 2. The Bertz CT molecular complexity index is 1120. The average Bonchev–Trinajstić information content (AvgIpc) is 3.36. The molecule has 172 valence electrons. The minimum atomic E-state index is -0.230. The molecule has 2 N–H and O–H groups in total. The highest BCUT2D eigenvalue weighted by Gasteiger charge is 2.40. The number of hydrogen-bond donors (Lipinski definition) is 2. The van der Waals surface area contributed by atoms with E-state index >= 15 is 0 Å². The van der Waals surface area contributed by atoms with E-state index in [1.54, 1.807) is 17.0 Å². The van der Waals surface area contributed by atoms with Gasteiger partial charge in [-0.25, -0.2) is 9.97 Å². The fourth-order valence-electron chi connectivity index (χ4n) is 4.81. The van der Waals surface area contributed by atoms with Crippen molar-refractivity contribution in [2.45, 2.75) is 43.7 Å². The lowest BCUT2D eigenvalue weighted by Crippen LogP contribution is -2.40. The molecular weight excluding hydrogens is 436 g/mol. The first-order valence-corrected chi connectivity index (χ1v) is 12.2. The second-order valence-electron chi connectivity index (χ2n) is 9.28. The van der Waals surface area contributed by atoms with Crippen LogP contribution in [-0.2, 0) is 4.79 Å². The molecule has 3 aliphatic heterocycles. The van der Waals surface area contributed by atoms with E-state index < -0.39 is 0 Å². The predicted molar refractivity (Wildman–Crippen MR) is 131 cm³/mol. The Labute approximate surface area is 198 Å². The first-order chi connectivity index (χ1) is 15.9. The molecule has 2 aromatic rings. The van der Waals surface area contributed by atoms with Crippen LogP contribution in [0.5, 0.6) is 0 Å². The van der Waals surface area contributed by atoms with Crippen LogP contribution >= 0.6 is 11.9 Å². The average molecular weight is 465 g/mol. The fraction of sp³-hybridized carbons (Fsp3) is 0.417. The Morgan fingerprint density at radius 2 is 2.03 bits per heavy atom. The van der Waals surface area contributed by atoms with Crippen molar-refractivity contribution in [1.29, 1.82) is 0 Å². The smallest absolute Gasteiger partial charge is 0.265 e. The summed E-state index contributed by atoms with van der Waals surface area (Å²) in [7, 11) is 0. The molecule has 8 nitrogen and oxygen atoms in total. The first-order valence-electron chi connectivity index (χ1n) is 11.3. The van der Waals surface area contributed by atoms with Gasteiger partial charge in [-0.2, -0.15) is 0 Å². The van der Waals surface area contributed by atoms with Crippen LogP contribution in [0.4, 0.5) is 17.5 Å². The van der Waals surface area contributed by atoms with Crippen LogP contribution in [0.1, 0.15) is 43.5 Å². The van der Waals surface area contributed by atoms with Crippen LogP contribution < -0.4 is 19.8 Å². The number of nitrogens with zero attached hydrogens (tertiary/aromatic N) is 4. The monoisotopic (exact) mass is 464 g/mol. The van der Waals surface area contributed by atoms with Gasteiger partial charge in [0.15, 0.2) is 0 Å². The van der Waals surface area contributed by atoms with Gasteiger partial charge in [-0.15, -0.1) is 0 Å². The maximum Gasteiger partial charge on any atom is 0.265 e. The first kappa shape index (κ1) is 21.8. The summed E-state index contributed by atoms with van der Waals surface area (Å²) in [4.78, 5) is 39.0. The van der Waals surface area contributed by atoms with Crippen LogP contribution in [-0.4, -0.2) is 47.0 Å². The highest BCUT2D eigenvalue weighted by atomic mass is 32.2. The zero-order chi connectivity index (χ0) is 23.0. The molecule has 0 saturated carbocycles. The lowest BCUT2D eigenvalue weighted by Gasteiger charge is -2.34. The van der Waals surface area contributed by atoms with Gasteiger partial charge in [0, 0.05) is 43.5 Å². The highest BCUT2D eigenvalue weighted by Crippen LogP contribution is 2.39.